The minimum atomic E-state index is -0.0430. The molecule has 1 aromatic carbocycles. The minimum Gasteiger partial charge on any atom is -0.397 e. The smallest absolute Gasteiger partial charge is 0.227 e. The molecule has 0 unspecified atom stereocenters. The molecule has 1 amide bonds. The van der Waals surface area contributed by atoms with Crippen LogP contribution in [0.25, 0.3) is 0 Å². The number of carbonyl (C=O) groups is 1. The second-order valence-corrected chi connectivity index (χ2v) is 5.83. The van der Waals surface area contributed by atoms with Gasteiger partial charge in [-0.25, -0.2) is 0 Å². The van der Waals surface area contributed by atoms with Crippen molar-refractivity contribution in [3.63, 3.8) is 0 Å². The molecule has 0 aliphatic heterocycles. The van der Waals surface area contributed by atoms with Crippen LogP contribution in [0.5, 0.6) is 0 Å². The van der Waals surface area contributed by atoms with E-state index in [1.807, 2.05) is 20.8 Å². The van der Waals surface area contributed by atoms with E-state index in [0.29, 0.717) is 22.8 Å². The van der Waals surface area contributed by atoms with E-state index < -0.39 is 0 Å². The first kappa shape index (κ1) is 13.8. The third-order valence-corrected chi connectivity index (χ3v) is 2.64. The zero-order valence-corrected chi connectivity index (χ0v) is 11.5. The third kappa shape index (κ3) is 3.93. The minimum absolute atomic E-state index is 0.0338. The standard InChI is InChI=1S/C13H19ClN2O/c1-13(2,3)8-12(17)16(4)11-7-9(14)5-6-10(11)15/h5-7H,8,15H2,1-4H3. The molecule has 0 saturated carbocycles. The predicted octanol–water partition coefficient (Wildman–Crippen LogP) is 3.32. The van der Waals surface area contributed by atoms with E-state index in [4.69, 9.17) is 17.3 Å². The van der Waals surface area contributed by atoms with Crippen molar-refractivity contribution in [2.24, 2.45) is 5.41 Å². The Hall–Kier alpha value is -1.22. The average Bonchev–Trinajstić information content (AvgIpc) is 2.18. The van der Waals surface area contributed by atoms with Crippen molar-refractivity contribution < 1.29 is 4.79 Å². The van der Waals surface area contributed by atoms with Crippen LogP contribution >= 0.6 is 11.6 Å². The fourth-order valence-electron chi connectivity index (χ4n) is 1.51. The number of nitrogens with zero attached hydrogens (tertiary/aromatic N) is 1. The summed E-state index contributed by atoms with van der Waals surface area (Å²) < 4.78 is 0. The molecule has 17 heavy (non-hydrogen) atoms. The van der Waals surface area contributed by atoms with Crippen LogP contribution in [0.1, 0.15) is 27.2 Å². The lowest BCUT2D eigenvalue weighted by Crippen LogP contribution is -2.30. The molecule has 0 saturated heterocycles. The first-order valence-corrected chi connectivity index (χ1v) is 5.90. The van der Waals surface area contributed by atoms with E-state index in [2.05, 4.69) is 0 Å². The number of nitrogens with two attached hydrogens (primary N) is 1. The Morgan fingerprint density at radius 2 is 2.00 bits per heavy atom. The fraction of sp³-hybridized carbons (Fsp3) is 0.462. The first-order chi connectivity index (χ1) is 7.70. The number of benzene rings is 1. The van der Waals surface area contributed by atoms with Crippen molar-refractivity contribution in [2.75, 3.05) is 17.7 Å². The lowest BCUT2D eigenvalue weighted by molar-refractivity contribution is -0.119. The number of hydrogen-bond donors (Lipinski definition) is 1. The monoisotopic (exact) mass is 254 g/mol. The van der Waals surface area contributed by atoms with Gasteiger partial charge in [0.2, 0.25) is 5.91 Å². The Bertz CT molecular complexity index is 424. The van der Waals surface area contributed by atoms with E-state index in [9.17, 15) is 4.79 Å². The van der Waals surface area contributed by atoms with Gasteiger partial charge in [-0.15, -0.1) is 0 Å². The van der Waals surface area contributed by atoms with E-state index in [-0.39, 0.29) is 11.3 Å². The summed E-state index contributed by atoms with van der Waals surface area (Å²) in [4.78, 5) is 13.6. The van der Waals surface area contributed by atoms with Crippen LogP contribution in [0, 0.1) is 5.41 Å². The molecule has 0 aliphatic rings. The van der Waals surface area contributed by atoms with E-state index in [0.717, 1.165) is 0 Å². The van der Waals surface area contributed by atoms with E-state index in [1.54, 1.807) is 30.1 Å². The van der Waals surface area contributed by atoms with Gasteiger partial charge in [-0.2, -0.15) is 0 Å². The second-order valence-electron chi connectivity index (χ2n) is 5.39. The maximum absolute atomic E-state index is 12.0. The van der Waals surface area contributed by atoms with Gasteiger partial charge in [0.1, 0.15) is 0 Å². The summed E-state index contributed by atoms with van der Waals surface area (Å²) in [7, 11) is 1.72. The van der Waals surface area contributed by atoms with Gasteiger partial charge in [0.05, 0.1) is 11.4 Å². The molecule has 0 heterocycles. The highest BCUT2D eigenvalue weighted by Crippen LogP contribution is 2.28. The highest BCUT2D eigenvalue weighted by atomic mass is 35.5. The number of halogens is 1. The Kier molecular flexibility index (Phi) is 4.04. The molecule has 3 nitrogen and oxygen atoms in total. The summed E-state index contributed by atoms with van der Waals surface area (Å²) >= 11 is 5.91. The number of hydrogen-bond acceptors (Lipinski definition) is 2. The Morgan fingerprint density at radius 3 is 2.53 bits per heavy atom. The summed E-state index contributed by atoms with van der Waals surface area (Å²) in [6.45, 7) is 6.08. The van der Waals surface area contributed by atoms with Gasteiger partial charge in [0, 0.05) is 18.5 Å². The van der Waals surface area contributed by atoms with Gasteiger partial charge in [0.25, 0.3) is 0 Å². The molecule has 0 spiro atoms. The zero-order valence-electron chi connectivity index (χ0n) is 10.7. The van der Waals surface area contributed by atoms with Crippen molar-refractivity contribution in [1.29, 1.82) is 0 Å². The number of rotatable bonds is 2. The van der Waals surface area contributed by atoms with Crippen molar-refractivity contribution >= 4 is 28.9 Å². The van der Waals surface area contributed by atoms with Crippen molar-refractivity contribution in [3.8, 4) is 0 Å². The predicted molar refractivity (Wildman–Crippen MR) is 73.3 cm³/mol. The molecule has 2 N–H and O–H groups in total. The molecule has 1 aromatic rings. The van der Waals surface area contributed by atoms with Crippen LogP contribution in [-0.2, 0) is 4.79 Å². The highest BCUT2D eigenvalue weighted by molar-refractivity contribution is 6.31. The summed E-state index contributed by atoms with van der Waals surface area (Å²) in [6.07, 6.45) is 0.468. The normalized spacial score (nSPS) is 11.4. The molecule has 4 heteroatoms. The quantitative estimate of drug-likeness (QED) is 0.823. The molecule has 0 bridgehead atoms. The number of amides is 1. The Morgan fingerprint density at radius 1 is 1.41 bits per heavy atom. The summed E-state index contributed by atoms with van der Waals surface area (Å²) in [5.74, 6) is 0.0338. The van der Waals surface area contributed by atoms with Gasteiger partial charge >= 0.3 is 0 Å². The lowest BCUT2D eigenvalue weighted by Gasteiger charge is -2.24. The number of carbonyl (C=O) groups excluding carboxylic acids is 1. The van der Waals surface area contributed by atoms with Crippen LogP contribution in [0.15, 0.2) is 18.2 Å². The summed E-state index contributed by atoms with van der Waals surface area (Å²) in [5, 5.41) is 0.574. The molecule has 0 radical (unpaired) electrons. The molecular weight excluding hydrogens is 236 g/mol. The third-order valence-electron chi connectivity index (χ3n) is 2.41. The van der Waals surface area contributed by atoms with Gasteiger partial charge in [0.15, 0.2) is 0 Å². The van der Waals surface area contributed by atoms with Crippen LogP contribution < -0.4 is 10.6 Å². The maximum Gasteiger partial charge on any atom is 0.227 e. The SMILES string of the molecule is CN(C(=O)CC(C)(C)C)c1cc(Cl)ccc1N. The van der Waals surface area contributed by atoms with Gasteiger partial charge < -0.3 is 10.6 Å². The van der Waals surface area contributed by atoms with Crippen LogP contribution in [0.2, 0.25) is 5.02 Å². The topological polar surface area (TPSA) is 46.3 Å². The van der Waals surface area contributed by atoms with Crippen LogP contribution in [0.3, 0.4) is 0 Å². The van der Waals surface area contributed by atoms with Gasteiger partial charge in [-0.05, 0) is 23.6 Å². The van der Waals surface area contributed by atoms with E-state index in [1.165, 1.54) is 0 Å². The highest BCUT2D eigenvalue weighted by Gasteiger charge is 2.20. The van der Waals surface area contributed by atoms with Crippen molar-refractivity contribution in [3.05, 3.63) is 23.2 Å². The summed E-state index contributed by atoms with van der Waals surface area (Å²) in [5.41, 5.74) is 7.01. The average molecular weight is 255 g/mol. The molecule has 0 aromatic heterocycles. The molecule has 0 fully saturated rings. The molecule has 0 aliphatic carbocycles. The van der Waals surface area contributed by atoms with Crippen molar-refractivity contribution in [1.82, 2.24) is 0 Å². The van der Waals surface area contributed by atoms with Gasteiger partial charge in [-0.3, -0.25) is 4.79 Å². The second kappa shape index (κ2) is 4.96. The molecular formula is C13H19ClN2O. The largest absolute Gasteiger partial charge is 0.397 e. The van der Waals surface area contributed by atoms with E-state index >= 15 is 0 Å². The lowest BCUT2D eigenvalue weighted by atomic mass is 9.91. The Balaban J connectivity index is 2.92. The maximum atomic E-state index is 12.0. The molecule has 1 rings (SSSR count). The number of anilines is 2. The Labute approximate surface area is 108 Å². The molecule has 94 valence electrons. The van der Waals surface area contributed by atoms with Crippen molar-refractivity contribution in [2.45, 2.75) is 27.2 Å². The van der Waals surface area contributed by atoms with Crippen LogP contribution in [0.4, 0.5) is 11.4 Å². The fourth-order valence-corrected chi connectivity index (χ4v) is 1.68. The van der Waals surface area contributed by atoms with Crippen LogP contribution in [-0.4, -0.2) is 13.0 Å². The van der Waals surface area contributed by atoms with Gasteiger partial charge in [-0.1, -0.05) is 32.4 Å². The zero-order chi connectivity index (χ0) is 13.2. The number of nitrogen functional groups attached to an aromatic ring is 1. The molecule has 0 atom stereocenters. The first-order valence-electron chi connectivity index (χ1n) is 5.52. The summed E-state index contributed by atoms with van der Waals surface area (Å²) in [6, 6.07) is 5.12.